The van der Waals surface area contributed by atoms with Crippen molar-refractivity contribution in [3.63, 3.8) is 0 Å². The molecule has 0 bridgehead atoms. The van der Waals surface area contributed by atoms with E-state index in [2.05, 4.69) is 41.5 Å². The van der Waals surface area contributed by atoms with Gasteiger partial charge >= 0.3 is 0 Å². The van der Waals surface area contributed by atoms with Gasteiger partial charge in [0, 0.05) is 6.61 Å². The maximum Gasteiger partial charge on any atom is 0.0628 e. The molecule has 0 spiro atoms. The highest BCUT2D eigenvalue weighted by Gasteiger charge is 2.36. The maximum atomic E-state index is 6.24. The van der Waals surface area contributed by atoms with Crippen LogP contribution >= 0.6 is 0 Å². The van der Waals surface area contributed by atoms with Gasteiger partial charge < -0.3 is 4.74 Å². The van der Waals surface area contributed by atoms with E-state index in [9.17, 15) is 0 Å². The van der Waals surface area contributed by atoms with E-state index < -0.39 is 0 Å². The summed E-state index contributed by atoms with van der Waals surface area (Å²) in [6, 6.07) is 0. The van der Waals surface area contributed by atoms with Crippen LogP contribution in [0.25, 0.3) is 0 Å². The SMILES string of the molecule is CCC(C)CCCCO[C@H]1[C@H](C)[C@H](C)[C@H](C)C[C@@H]1C. The Morgan fingerprint density at radius 3 is 2.32 bits per heavy atom. The van der Waals surface area contributed by atoms with Crippen LogP contribution in [0.1, 0.15) is 73.6 Å². The molecule has 1 nitrogen and oxygen atoms in total. The first-order valence-corrected chi connectivity index (χ1v) is 8.58. The van der Waals surface area contributed by atoms with E-state index in [1.54, 1.807) is 0 Å². The highest BCUT2D eigenvalue weighted by molar-refractivity contribution is 4.86. The minimum absolute atomic E-state index is 0.495. The molecule has 1 rings (SSSR count). The van der Waals surface area contributed by atoms with Gasteiger partial charge in [-0.2, -0.15) is 0 Å². The molecule has 19 heavy (non-hydrogen) atoms. The van der Waals surface area contributed by atoms with Crippen molar-refractivity contribution in [2.75, 3.05) is 6.61 Å². The molecule has 0 saturated heterocycles. The van der Waals surface area contributed by atoms with Crippen molar-refractivity contribution in [1.82, 2.24) is 0 Å². The van der Waals surface area contributed by atoms with Crippen molar-refractivity contribution in [1.29, 1.82) is 0 Å². The molecule has 1 saturated carbocycles. The Bertz CT molecular complexity index is 238. The molecule has 0 aliphatic heterocycles. The first-order valence-electron chi connectivity index (χ1n) is 8.58. The van der Waals surface area contributed by atoms with E-state index in [4.69, 9.17) is 4.74 Å². The zero-order valence-corrected chi connectivity index (χ0v) is 14.1. The molecule has 6 atom stereocenters. The van der Waals surface area contributed by atoms with E-state index >= 15 is 0 Å². The molecular weight excluding hydrogens is 232 g/mol. The number of ether oxygens (including phenoxy) is 1. The van der Waals surface area contributed by atoms with Gasteiger partial charge in [-0.05, 0) is 42.4 Å². The van der Waals surface area contributed by atoms with Crippen LogP contribution < -0.4 is 0 Å². The minimum atomic E-state index is 0.495. The molecule has 0 aromatic carbocycles. The number of unbranched alkanes of at least 4 members (excludes halogenated alkanes) is 1. The third kappa shape index (κ3) is 5.10. The average Bonchev–Trinajstić information content (AvgIpc) is 2.39. The second kappa shape index (κ2) is 8.29. The third-order valence-electron chi connectivity index (χ3n) is 5.65. The Balaban J connectivity index is 2.24. The van der Waals surface area contributed by atoms with Gasteiger partial charge in [0.25, 0.3) is 0 Å². The predicted molar refractivity (Wildman–Crippen MR) is 84.3 cm³/mol. The second-order valence-electron chi connectivity index (χ2n) is 7.25. The van der Waals surface area contributed by atoms with Crippen LogP contribution in [0.3, 0.4) is 0 Å². The lowest BCUT2D eigenvalue weighted by Crippen LogP contribution is -2.41. The number of hydrogen-bond donors (Lipinski definition) is 0. The van der Waals surface area contributed by atoms with Crippen LogP contribution in [0.15, 0.2) is 0 Å². The number of hydrogen-bond acceptors (Lipinski definition) is 1. The largest absolute Gasteiger partial charge is 0.378 e. The zero-order chi connectivity index (χ0) is 14.4. The molecule has 0 N–H and O–H groups in total. The summed E-state index contributed by atoms with van der Waals surface area (Å²) in [7, 11) is 0. The van der Waals surface area contributed by atoms with Crippen molar-refractivity contribution >= 4 is 0 Å². The lowest BCUT2D eigenvalue weighted by molar-refractivity contribution is -0.0719. The maximum absolute atomic E-state index is 6.24. The molecular formula is C18H36O. The first-order chi connectivity index (χ1) is 8.97. The van der Waals surface area contributed by atoms with Gasteiger partial charge in [-0.3, -0.25) is 0 Å². The summed E-state index contributed by atoms with van der Waals surface area (Å²) in [5.74, 6) is 3.99. The molecule has 1 unspecified atom stereocenters. The molecule has 0 aromatic heterocycles. The van der Waals surface area contributed by atoms with Crippen molar-refractivity contribution < 1.29 is 4.74 Å². The van der Waals surface area contributed by atoms with Gasteiger partial charge in [-0.25, -0.2) is 0 Å². The summed E-state index contributed by atoms with van der Waals surface area (Å²) >= 11 is 0. The topological polar surface area (TPSA) is 9.23 Å². The zero-order valence-electron chi connectivity index (χ0n) is 14.1. The van der Waals surface area contributed by atoms with E-state index in [-0.39, 0.29) is 0 Å². The highest BCUT2D eigenvalue weighted by atomic mass is 16.5. The van der Waals surface area contributed by atoms with Crippen LogP contribution in [-0.2, 0) is 4.74 Å². The van der Waals surface area contributed by atoms with Gasteiger partial charge in [0.15, 0.2) is 0 Å². The van der Waals surface area contributed by atoms with E-state index in [0.29, 0.717) is 12.0 Å². The molecule has 0 radical (unpaired) electrons. The summed E-state index contributed by atoms with van der Waals surface area (Å²) in [5, 5.41) is 0. The fourth-order valence-corrected chi connectivity index (χ4v) is 3.61. The molecule has 114 valence electrons. The summed E-state index contributed by atoms with van der Waals surface area (Å²) in [6.07, 6.45) is 7.08. The molecule has 0 heterocycles. The van der Waals surface area contributed by atoms with Gasteiger partial charge in [-0.1, -0.05) is 60.8 Å². The van der Waals surface area contributed by atoms with Crippen LogP contribution in [-0.4, -0.2) is 12.7 Å². The second-order valence-corrected chi connectivity index (χ2v) is 7.25. The Morgan fingerprint density at radius 2 is 1.68 bits per heavy atom. The van der Waals surface area contributed by atoms with Crippen LogP contribution in [0.2, 0.25) is 0 Å². The van der Waals surface area contributed by atoms with Gasteiger partial charge in [-0.15, -0.1) is 0 Å². The Morgan fingerprint density at radius 1 is 1.00 bits per heavy atom. The molecule has 1 aliphatic carbocycles. The lowest BCUT2D eigenvalue weighted by atomic mass is 9.68. The van der Waals surface area contributed by atoms with Crippen molar-refractivity contribution in [3.8, 4) is 0 Å². The standard InChI is InChI=1S/C18H36O/c1-7-13(2)10-8-9-11-19-18-15(4)12-14(3)16(5)17(18)6/h13-18H,7-12H2,1-6H3/t13?,14-,15+,16-,17-,18-/m1/s1. The van der Waals surface area contributed by atoms with Gasteiger partial charge in [0.1, 0.15) is 0 Å². The average molecular weight is 268 g/mol. The van der Waals surface area contributed by atoms with Crippen LogP contribution in [0.4, 0.5) is 0 Å². The van der Waals surface area contributed by atoms with Crippen molar-refractivity contribution in [2.24, 2.45) is 29.6 Å². The minimum Gasteiger partial charge on any atom is -0.378 e. The van der Waals surface area contributed by atoms with Crippen molar-refractivity contribution in [3.05, 3.63) is 0 Å². The lowest BCUT2D eigenvalue weighted by Gasteiger charge is -2.42. The molecule has 1 fully saturated rings. The quantitative estimate of drug-likeness (QED) is 0.551. The van der Waals surface area contributed by atoms with Gasteiger partial charge in [0.2, 0.25) is 0 Å². The molecule has 1 aliphatic rings. The fourth-order valence-electron chi connectivity index (χ4n) is 3.61. The smallest absolute Gasteiger partial charge is 0.0628 e. The summed E-state index contributed by atoms with van der Waals surface area (Å²) < 4.78 is 6.24. The summed E-state index contributed by atoms with van der Waals surface area (Å²) in [4.78, 5) is 0. The first kappa shape index (κ1) is 17.0. The van der Waals surface area contributed by atoms with Gasteiger partial charge in [0.05, 0.1) is 6.10 Å². The summed E-state index contributed by atoms with van der Waals surface area (Å²) in [6.45, 7) is 15.2. The third-order valence-corrected chi connectivity index (χ3v) is 5.65. The van der Waals surface area contributed by atoms with E-state index in [1.165, 1.54) is 32.1 Å². The normalized spacial score (nSPS) is 37.3. The summed E-state index contributed by atoms with van der Waals surface area (Å²) in [5.41, 5.74) is 0. The molecule has 0 aromatic rings. The Hall–Kier alpha value is -0.0400. The monoisotopic (exact) mass is 268 g/mol. The van der Waals surface area contributed by atoms with Crippen LogP contribution in [0, 0.1) is 29.6 Å². The van der Waals surface area contributed by atoms with E-state index in [0.717, 1.165) is 30.3 Å². The fraction of sp³-hybridized carbons (Fsp3) is 1.00. The van der Waals surface area contributed by atoms with E-state index in [1.807, 2.05) is 0 Å². The predicted octanol–water partition coefficient (Wildman–Crippen LogP) is 5.54. The van der Waals surface area contributed by atoms with Crippen LogP contribution in [0.5, 0.6) is 0 Å². The Kier molecular flexibility index (Phi) is 7.42. The van der Waals surface area contributed by atoms with Crippen molar-refractivity contribution in [2.45, 2.75) is 79.8 Å². The number of rotatable bonds is 7. The molecule has 0 amide bonds. The molecule has 1 heteroatoms. The Labute approximate surface area is 121 Å². The highest BCUT2D eigenvalue weighted by Crippen LogP contribution is 2.39.